The number of nitrogens with zero attached hydrogens (tertiary/aromatic N) is 1. The van der Waals surface area contributed by atoms with E-state index in [1.54, 1.807) is 17.5 Å². The highest BCUT2D eigenvalue weighted by atomic mass is 32.2. The predicted molar refractivity (Wildman–Crippen MR) is 86.2 cm³/mol. The number of piperidine rings is 1. The highest BCUT2D eigenvalue weighted by Gasteiger charge is 2.40. The molecule has 1 aromatic rings. The first kappa shape index (κ1) is 19.0. The second-order valence-electron chi connectivity index (χ2n) is 5.51. The van der Waals surface area contributed by atoms with Crippen LogP contribution in [0.5, 0.6) is 0 Å². The second kappa shape index (κ2) is 7.68. The van der Waals surface area contributed by atoms with Gasteiger partial charge in [0.15, 0.2) is 5.78 Å². The molecule has 9 nitrogen and oxygen atoms in total. The lowest BCUT2D eigenvalue weighted by molar-refractivity contribution is -0.165. The number of nitrogens with one attached hydrogen (secondary N) is 2. The number of hydrogen-bond acceptors (Lipinski definition) is 8. The highest BCUT2D eigenvalue weighted by molar-refractivity contribution is 7.88. The molecule has 1 saturated heterocycles. The van der Waals surface area contributed by atoms with Gasteiger partial charge >= 0.3 is 0 Å². The second-order valence-corrected chi connectivity index (χ2v) is 8.21. The fourth-order valence-electron chi connectivity index (χ4n) is 2.43. The molecule has 0 bridgehead atoms. The van der Waals surface area contributed by atoms with Gasteiger partial charge in [0.1, 0.15) is 12.5 Å². The van der Waals surface area contributed by atoms with Crippen LogP contribution >= 0.6 is 11.3 Å². The molecule has 3 atom stereocenters. The van der Waals surface area contributed by atoms with Crippen LogP contribution in [0.1, 0.15) is 22.5 Å². The van der Waals surface area contributed by atoms with E-state index in [0.29, 0.717) is 4.88 Å². The van der Waals surface area contributed by atoms with Gasteiger partial charge in [0.2, 0.25) is 15.9 Å². The van der Waals surface area contributed by atoms with Crippen molar-refractivity contribution >= 4 is 33.1 Å². The lowest BCUT2D eigenvalue weighted by Crippen LogP contribution is -2.57. The summed E-state index contributed by atoms with van der Waals surface area (Å²) in [7, 11) is -3.63. The van der Waals surface area contributed by atoms with E-state index >= 15 is 0 Å². The minimum absolute atomic E-state index is 0.156. The molecule has 24 heavy (non-hydrogen) atoms. The molecule has 0 aliphatic carbocycles. The molecular formula is C13H19N3O6S2. The zero-order valence-electron chi connectivity index (χ0n) is 12.9. The van der Waals surface area contributed by atoms with Gasteiger partial charge in [-0.3, -0.25) is 15.0 Å². The van der Waals surface area contributed by atoms with Crippen molar-refractivity contribution in [2.75, 3.05) is 12.8 Å². The fraction of sp³-hybridized carbons (Fsp3) is 0.538. The molecule has 4 N–H and O–H groups in total. The van der Waals surface area contributed by atoms with Gasteiger partial charge in [0, 0.05) is 0 Å². The summed E-state index contributed by atoms with van der Waals surface area (Å²) >= 11 is 1.24. The maximum Gasteiger partial charge on any atom is 0.242 e. The molecule has 1 amide bonds. The van der Waals surface area contributed by atoms with Crippen LogP contribution in [0.15, 0.2) is 17.5 Å². The van der Waals surface area contributed by atoms with Gasteiger partial charge in [-0.15, -0.1) is 16.2 Å². The summed E-state index contributed by atoms with van der Waals surface area (Å²) in [5.74, 6) is -1.98. The smallest absolute Gasteiger partial charge is 0.242 e. The van der Waals surface area contributed by atoms with E-state index in [1.807, 2.05) is 10.3 Å². The summed E-state index contributed by atoms with van der Waals surface area (Å²) in [6, 6.07) is 3.35. The van der Waals surface area contributed by atoms with Crippen LogP contribution in [0.3, 0.4) is 0 Å². The number of rotatable bonds is 6. The molecule has 1 aromatic heterocycles. The number of aliphatic hydroxyl groups is 2. The minimum Gasteiger partial charge on any atom is -0.378 e. The van der Waals surface area contributed by atoms with E-state index in [0.717, 1.165) is 11.2 Å². The first-order valence-corrected chi connectivity index (χ1v) is 9.91. The van der Waals surface area contributed by atoms with Gasteiger partial charge in [-0.05, 0) is 24.3 Å². The number of aliphatic hydroxyl groups excluding tert-OH is 2. The number of Topliss-reactive ketones (excluding diaryl/α,β-unsaturated/α-hetero) is 1. The van der Waals surface area contributed by atoms with Crippen molar-refractivity contribution in [3.05, 3.63) is 22.4 Å². The summed E-state index contributed by atoms with van der Waals surface area (Å²) in [5.41, 5.74) is 2.01. The maximum atomic E-state index is 12.2. The van der Waals surface area contributed by atoms with Crippen molar-refractivity contribution in [3.63, 3.8) is 0 Å². The van der Waals surface area contributed by atoms with Crippen LogP contribution in [0.4, 0.5) is 0 Å². The van der Waals surface area contributed by atoms with Crippen molar-refractivity contribution in [3.8, 4) is 0 Å². The third kappa shape index (κ3) is 4.82. The lowest BCUT2D eigenvalue weighted by Gasteiger charge is -2.40. The Morgan fingerprint density at radius 3 is 2.67 bits per heavy atom. The van der Waals surface area contributed by atoms with Gasteiger partial charge in [0.05, 0.1) is 23.6 Å². The molecule has 1 aliphatic rings. The Kier molecular flexibility index (Phi) is 6.06. The molecule has 11 heteroatoms. The van der Waals surface area contributed by atoms with Gasteiger partial charge in [-0.1, -0.05) is 6.07 Å². The van der Waals surface area contributed by atoms with Crippen molar-refractivity contribution in [2.24, 2.45) is 5.92 Å². The highest BCUT2D eigenvalue weighted by Crippen LogP contribution is 2.26. The molecule has 2 rings (SSSR count). The zero-order valence-corrected chi connectivity index (χ0v) is 14.5. The number of hydrazine groups is 1. The fourth-order valence-corrected chi connectivity index (χ4v) is 3.38. The number of amides is 1. The molecule has 134 valence electrons. The van der Waals surface area contributed by atoms with Gasteiger partial charge in [-0.2, -0.15) is 0 Å². The summed E-state index contributed by atoms with van der Waals surface area (Å²) in [6.07, 6.45) is -1.26. The Bertz CT molecular complexity index is 691. The normalized spacial score (nSPS) is 25.4. The lowest BCUT2D eigenvalue weighted by atomic mass is 9.93. The standard InChI is InChI=1S/C13H19N3O6S2/c1-24(21,22)15-14-12(19)8-4-5-11(18)16(13(8)20)7-9(17)10-3-2-6-23-10/h2-3,6,8,11,13,15,18,20H,4-5,7H2,1H3,(H,14,19). The molecule has 0 radical (unpaired) electrons. The largest absolute Gasteiger partial charge is 0.378 e. The van der Waals surface area contributed by atoms with Gasteiger partial charge < -0.3 is 10.2 Å². The molecule has 0 saturated carbocycles. The Hall–Kier alpha value is -1.37. The van der Waals surface area contributed by atoms with E-state index < -0.39 is 34.3 Å². The number of carbonyl (C=O) groups is 2. The van der Waals surface area contributed by atoms with E-state index in [-0.39, 0.29) is 25.2 Å². The molecule has 3 unspecified atom stereocenters. The maximum absolute atomic E-state index is 12.2. The third-order valence-electron chi connectivity index (χ3n) is 3.64. The Balaban J connectivity index is 2.03. The predicted octanol–water partition coefficient (Wildman–Crippen LogP) is -1.14. The number of likely N-dealkylation sites (tertiary alicyclic amines) is 1. The molecule has 2 heterocycles. The molecule has 1 aliphatic heterocycles. The average Bonchev–Trinajstić information content (AvgIpc) is 3.02. The number of carbonyl (C=O) groups excluding carboxylic acids is 2. The third-order valence-corrected chi connectivity index (χ3v) is 5.02. The summed E-state index contributed by atoms with van der Waals surface area (Å²) < 4.78 is 22.0. The van der Waals surface area contributed by atoms with Crippen LogP contribution in [0.25, 0.3) is 0 Å². The summed E-state index contributed by atoms with van der Waals surface area (Å²) in [4.78, 5) is 27.7. The molecule has 0 spiro atoms. The van der Waals surface area contributed by atoms with Crippen molar-refractivity contribution < 1.29 is 28.2 Å². The van der Waals surface area contributed by atoms with Crippen LogP contribution in [0, 0.1) is 5.92 Å². The number of ketones is 1. The van der Waals surface area contributed by atoms with Crippen LogP contribution in [0.2, 0.25) is 0 Å². The molecular weight excluding hydrogens is 358 g/mol. The van der Waals surface area contributed by atoms with E-state index in [1.165, 1.54) is 11.3 Å². The van der Waals surface area contributed by atoms with Gasteiger partial charge in [-0.25, -0.2) is 13.3 Å². The Labute approximate surface area is 143 Å². The molecule has 1 fully saturated rings. The summed E-state index contributed by atoms with van der Waals surface area (Å²) in [5, 5.41) is 22.1. The van der Waals surface area contributed by atoms with E-state index in [9.17, 15) is 28.2 Å². The average molecular weight is 377 g/mol. The monoisotopic (exact) mass is 377 g/mol. The number of hydrogen-bond donors (Lipinski definition) is 4. The SMILES string of the molecule is CS(=O)(=O)NNC(=O)C1CCC(O)N(CC(=O)c2cccs2)C1O. The van der Waals surface area contributed by atoms with E-state index in [4.69, 9.17) is 0 Å². The quantitative estimate of drug-likeness (QED) is 0.363. The zero-order chi connectivity index (χ0) is 17.9. The van der Waals surface area contributed by atoms with Gasteiger partial charge in [0.25, 0.3) is 0 Å². The van der Waals surface area contributed by atoms with Crippen molar-refractivity contribution in [2.45, 2.75) is 25.3 Å². The van der Waals surface area contributed by atoms with Crippen molar-refractivity contribution in [1.82, 2.24) is 15.2 Å². The van der Waals surface area contributed by atoms with Crippen LogP contribution in [-0.4, -0.2) is 60.5 Å². The topological polar surface area (TPSA) is 136 Å². The number of thiophene rings is 1. The molecule has 0 aromatic carbocycles. The van der Waals surface area contributed by atoms with Crippen LogP contribution < -0.4 is 10.3 Å². The minimum atomic E-state index is -3.63. The van der Waals surface area contributed by atoms with E-state index in [2.05, 4.69) is 0 Å². The Morgan fingerprint density at radius 1 is 1.38 bits per heavy atom. The Morgan fingerprint density at radius 2 is 2.08 bits per heavy atom. The summed E-state index contributed by atoms with van der Waals surface area (Å²) in [6.45, 7) is -0.244. The first-order chi connectivity index (χ1) is 11.2. The van der Waals surface area contributed by atoms with Crippen LogP contribution in [-0.2, 0) is 14.8 Å². The first-order valence-electron chi connectivity index (χ1n) is 7.14. The van der Waals surface area contributed by atoms with Crippen molar-refractivity contribution in [1.29, 1.82) is 0 Å². The number of sulfonamides is 1.